The number of carbonyl (C=O) groups excluding carboxylic acids is 1. The van der Waals surface area contributed by atoms with Gasteiger partial charge in [0.2, 0.25) is 5.91 Å². The quantitative estimate of drug-likeness (QED) is 0.735. The molecule has 0 aliphatic carbocycles. The number of carbonyl (C=O) groups is 1. The summed E-state index contributed by atoms with van der Waals surface area (Å²) in [5.41, 5.74) is 5.60. The van der Waals surface area contributed by atoms with Crippen LogP contribution < -0.4 is 5.32 Å². The zero-order valence-electron chi connectivity index (χ0n) is 9.77. The zero-order valence-corrected chi connectivity index (χ0v) is 9.77. The third-order valence-corrected chi connectivity index (χ3v) is 2.79. The number of anilines is 1. The minimum atomic E-state index is -0.163. The lowest BCUT2D eigenvalue weighted by Crippen LogP contribution is -2.11. The fourth-order valence-corrected chi connectivity index (χ4v) is 1.65. The third-order valence-electron chi connectivity index (χ3n) is 2.79. The summed E-state index contributed by atoms with van der Waals surface area (Å²) in [7, 11) is 0. The fraction of sp³-hybridized carbons (Fsp3) is 0.308. The van der Waals surface area contributed by atoms with Crippen LogP contribution >= 0.6 is 0 Å². The number of hydrogen-bond acceptors (Lipinski definition) is 1. The van der Waals surface area contributed by atoms with Gasteiger partial charge >= 0.3 is 0 Å². The molecule has 0 aliphatic rings. The lowest BCUT2D eigenvalue weighted by Gasteiger charge is -2.14. The van der Waals surface area contributed by atoms with Crippen LogP contribution in [0.2, 0.25) is 0 Å². The Kier molecular flexibility index (Phi) is 3.30. The van der Waals surface area contributed by atoms with Crippen LogP contribution in [-0.2, 0) is 4.79 Å². The summed E-state index contributed by atoms with van der Waals surface area (Å²) in [6.45, 7) is 11.6. The Labute approximate surface area is 91.0 Å². The molecule has 15 heavy (non-hydrogen) atoms. The molecule has 0 saturated carbocycles. The molecule has 0 aliphatic heterocycles. The van der Waals surface area contributed by atoms with Crippen LogP contribution in [-0.4, -0.2) is 5.91 Å². The van der Waals surface area contributed by atoms with E-state index in [1.165, 1.54) is 17.2 Å². The standard InChI is InChI=1S/C13H17NO/c1-6-12(15)14-13-9(3)7-8(2)10(4)11(13)5/h6-7H,1H2,2-5H3,(H,14,15). The van der Waals surface area contributed by atoms with Gasteiger partial charge in [0.1, 0.15) is 0 Å². The van der Waals surface area contributed by atoms with Gasteiger partial charge in [-0.25, -0.2) is 0 Å². The van der Waals surface area contributed by atoms with Crippen molar-refractivity contribution in [3.05, 3.63) is 41.0 Å². The molecule has 2 heteroatoms. The monoisotopic (exact) mass is 203 g/mol. The van der Waals surface area contributed by atoms with E-state index in [0.29, 0.717) is 0 Å². The summed E-state index contributed by atoms with van der Waals surface area (Å²) >= 11 is 0. The van der Waals surface area contributed by atoms with E-state index in [9.17, 15) is 4.79 Å². The van der Waals surface area contributed by atoms with Crippen molar-refractivity contribution in [2.45, 2.75) is 27.7 Å². The van der Waals surface area contributed by atoms with E-state index in [1.807, 2.05) is 13.8 Å². The van der Waals surface area contributed by atoms with Gasteiger partial charge in [0, 0.05) is 5.69 Å². The molecule has 1 N–H and O–H groups in total. The van der Waals surface area contributed by atoms with Crippen LogP contribution in [0.25, 0.3) is 0 Å². The Morgan fingerprint density at radius 3 is 2.33 bits per heavy atom. The predicted molar refractivity (Wildman–Crippen MR) is 64.2 cm³/mol. The molecule has 0 saturated heterocycles. The van der Waals surface area contributed by atoms with Crippen LogP contribution in [0.1, 0.15) is 22.3 Å². The van der Waals surface area contributed by atoms with E-state index in [4.69, 9.17) is 0 Å². The minimum Gasteiger partial charge on any atom is -0.322 e. The van der Waals surface area contributed by atoms with Crippen molar-refractivity contribution < 1.29 is 4.79 Å². The average Bonchev–Trinajstić information content (AvgIpc) is 2.21. The number of nitrogens with one attached hydrogen (secondary N) is 1. The van der Waals surface area contributed by atoms with Gasteiger partial charge in [-0.1, -0.05) is 12.6 Å². The van der Waals surface area contributed by atoms with Gasteiger partial charge in [0.15, 0.2) is 0 Å². The maximum Gasteiger partial charge on any atom is 0.247 e. The van der Waals surface area contributed by atoms with Crippen molar-refractivity contribution in [2.24, 2.45) is 0 Å². The predicted octanol–water partition coefficient (Wildman–Crippen LogP) is 3.04. The van der Waals surface area contributed by atoms with Crippen molar-refractivity contribution in [1.29, 1.82) is 0 Å². The van der Waals surface area contributed by atoms with Gasteiger partial charge in [0.05, 0.1) is 0 Å². The van der Waals surface area contributed by atoms with E-state index in [2.05, 4.69) is 31.8 Å². The van der Waals surface area contributed by atoms with Gasteiger partial charge in [-0.05, 0) is 56.0 Å². The van der Waals surface area contributed by atoms with Gasteiger partial charge < -0.3 is 5.32 Å². The SMILES string of the molecule is C=CC(=O)Nc1c(C)cc(C)c(C)c1C. The highest BCUT2D eigenvalue weighted by atomic mass is 16.1. The molecule has 80 valence electrons. The van der Waals surface area contributed by atoms with E-state index < -0.39 is 0 Å². The lowest BCUT2D eigenvalue weighted by atomic mass is 9.98. The lowest BCUT2D eigenvalue weighted by molar-refractivity contribution is -0.111. The molecule has 0 aromatic heterocycles. The van der Waals surface area contributed by atoms with Gasteiger partial charge in [-0.15, -0.1) is 0 Å². The van der Waals surface area contributed by atoms with Crippen LogP contribution in [0.4, 0.5) is 5.69 Å². The summed E-state index contributed by atoms with van der Waals surface area (Å²) in [5.74, 6) is -0.163. The molecule has 0 bridgehead atoms. The minimum absolute atomic E-state index is 0.163. The number of benzene rings is 1. The zero-order chi connectivity index (χ0) is 11.6. The number of rotatable bonds is 2. The molecule has 2 nitrogen and oxygen atoms in total. The van der Waals surface area contributed by atoms with Gasteiger partial charge in [0.25, 0.3) is 0 Å². The summed E-state index contributed by atoms with van der Waals surface area (Å²) in [5, 5.41) is 2.84. The van der Waals surface area contributed by atoms with E-state index in [-0.39, 0.29) is 5.91 Å². The second kappa shape index (κ2) is 4.30. The molecule has 0 unspecified atom stereocenters. The van der Waals surface area contributed by atoms with E-state index in [0.717, 1.165) is 16.8 Å². The maximum absolute atomic E-state index is 11.3. The fourth-order valence-electron chi connectivity index (χ4n) is 1.65. The van der Waals surface area contributed by atoms with Crippen molar-refractivity contribution in [3.8, 4) is 0 Å². The number of hydrogen-bond donors (Lipinski definition) is 1. The Balaban J connectivity index is 3.23. The highest BCUT2D eigenvalue weighted by Crippen LogP contribution is 2.26. The molecular formula is C13H17NO. The molecule has 1 aromatic rings. The smallest absolute Gasteiger partial charge is 0.247 e. The first-order chi connectivity index (χ1) is 6.97. The Hall–Kier alpha value is -1.57. The Bertz CT molecular complexity index is 419. The van der Waals surface area contributed by atoms with Gasteiger partial charge in [-0.3, -0.25) is 4.79 Å². The third kappa shape index (κ3) is 2.27. The summed E-state index contributed by atoms with van der Waals surface area (Å²) in [6, 6.07) is 2.08. The summed E-state index contributed by atoms with van der Waals surface area (Å²) in [4.78, 5) is 11.3. The first kappa shape index (κ1) is 11.5. The van der Waals surface area contributed by atoms with E-state index in [1.54, 1.807) is 0 Å². The van der Waals surface area contributed by atoms with Crippen LogP contribution in [0.3, 0.4) is 0 Å². The van der Waals surface area contributed by atoms with Crippen LogP contribution in [0, 0.1) is 27.7 Å². The van der Waals surface area contributed by atoms with Crippen LogP contribution in [0.5, 0.6) is 0 Å². The first-order valence-corrected chi connectivity index (χ1v) is 4.98. The normalized spacial score (nSPS) is 9.87. The van der Waals surface area contributed by atoms with E-state index >= 15 is 0 Å². The second-order valence-corrected chi connectivity index (χ2v) is 3.83. The van der Waals surface area contributed by atoms with Crippen molar-refractivity contribution >= 4 is 11.6 Å². The average molecular weight is 203 g/mol. The second-order valence-electron chi connectivity index (χ2n) is 3.83. The van der Waals surface area contributed by atoms with Crippen molar-refractivity contribution in [3.63, 3.8) is 0 Å². The molecule has 0 atom stereocenters. The highest BCUT2D eigenvalue weighted by Gasteiger charge is 2.09. The maximum atomic E-state index is 11.3. The Morgan fingerprint density at radius 2 is 1.80 bits per heavy atom. The molecule has 1 rings (SSSR count). The largest absolute Gasteiger partial charge is 0.322 e. The van der Waals surface area contributed by atoms with Crippen molar-refractivity contribution in [1.82, 2.24) is 0 Å². The number of aryl methyl sites for hydroxylation is 2. The topological polar surface area (TPSA) is 29.1 Å². The molecule has 1 aromatic carbocycles. The summed E-state index contributed by atoms with van der Waals surface area (Å²) in [6.07, 6.45) is 1.29. The highest BCUT2D eigenvalue weighted by molar-refractivity contribution is 6.00. The van der Waals surface area contributed by atoms with Gasteiger partial charge in [-0.2, -0.15) is 0 Å². The molecular weight excluding hydrogens is 186 g/mol. The summed E-state index contributed by atoms with van der Waals surface area (Å²) < 4.78 is 0. The number of amides is 1. The molecule has 0 spiro atoms. The molecule has 0 radical (unpaired) electrons. The first-order valence-electron chi connectivity index (χ1n) is 4.98. The molecule has 1 amide bonds. The van der Waals surface area contributed by atoms with Crippen molar-refractivity contribution in [2.75, 3.05) is 5.32 Å². The Morgan fingerprint density at radius 1 is 1.20 bits per heavy atom. The molecule has 0 fully saturated rings. The van der Waals surface area contributed by atoms with Crippen LogP contribution in [0.15, 0.2) is 18.7 Å². The molecule has 0 heterocycles.